The maximum absolute atomic E-state index is 10.1. The van der Waals surface area contributed by atoms with Gasteiger partial charge in [0.2, 0.25) is 0 Å². The zero-order chi connectivity index (χ0) is 23.2. The second-order valence-electron chi connectivity index (χ2n) is 7.63. The fourth-order valence-corrected chi connectivity index (χ4v) is 3.63. The van der Waals surface area contributed by atoms with E-state index in [0.717, 1.165) is 22.3 Å². The van der Waals surface area contributed by atoms with Crippen molar-refractivity contribution in [1.82, 2.24) is 9.97 Å². The molecular formula is C24H26N2O7. The Bertz CT molecular complexity index is 962. The number of hydrogen-bond donors (Lipinski definition) is 4. The minimum absolute atomic E-state index is 0.0484. The summed E-state index contributed by atoms with van der Waals surface area (Å²) >= 11 is 0. The molecule has 1 aromatic carbocycles. The Morgan fingerprint density at radius 1 is 0.727 bits per heavy atom. The third-order valence-corrected chi connectivity index (χ3v) is 5.42. The van der Waals surface area contributed by atoms with Crippen LogP contribution in [0.25, 0.3) is 22.3 Å². The highest BCUT2D eigenvalue weighted by Gasteiger charge is 2.43. The molecule has 0 radical (unpaired) electrons. The smallest absolute Gasteiger partial charge is 0.186 e. The summed E-state index contributed by atoms with van der Waals surface area (Å²) in [6, 6.07) is 13.5. The number of aliphatic hydroxyl groups is 4. The monoisotopic (exact) mass is 454 g/mol. The molecule has 2 aromatic heterocycles. The summed E-state index contributed by atoms with van der Waals surface area (Å²) in [7, 11) is 0. The summed E-state index contributed by atoms with van der Waals surface area (Å²) in [5.74, 6) is 0.619. The average molecular weight is 454 g/mol. The summed E-state index contributed by atoms with van der Waals surface area (Å²) in [5, 5.41) is 39.1. The Balaban J connectivity index is 1.44. The third-order valence-electron chi connectivity index (χ3n) is 5.42. The van der Waals surface area contributed by atoms with E-state index in [0.29, 0.717) is 5.75 Å². The van der Waals surface area contributed by atoms with Crippen LogP contribution in [0.4, 0.5) is 0 Å². The van der Waals surface area contributed by atoms with Crippen LogP contribution < -0.4 is 4.74 Å². The van der Waals surface area contributed by atoms with E-state index >= 15 is 0 Å². The minimum Gasteiger partial charge on any atom is -0.491 e. The van der Waals surface area contributed by atoms with Gasteiger partial charge < -0.3 is 34.6 Å². The van der Waals surface area contributed by atoms with Crippen molar-refractivity contribution in [2.45, 2.75) is 30.7 Å². The van der Waals surface area contributed by atoms with E-state index in [4.69, 9.17) is 14.2 Å². The van der Waals surface area contributed by atoms with Crippen molar-refractivity contribution < 1.29 is 34.6 Å². The molecular weight excluding hydrogens is 428 g/mol. The number of nitrogens with zero attached hydrogens (tertiary/aromatic N) is 2. The molecule has 4 N–H and O–H groups in total. The van der Waals surface area contributed by atoms with Gasteiger partial charge >= 0.3 is 0 Å². The summed E-state index contributed by atoms with van der Waals surface area (Å²) in [4.78, 5) is 8.14. The van der Waals surface area contributed by atoms with Gasteiger partial charge in [0, 0.05) is 24.8 Å². The van der Waals surface area contributed by atoms with Crippen molar-refractivity contribution in [3.63, 3.8) is 0 Å². The maximum atomic E-state index is 10.1. The Morgan fingerprint density at radius 2 is 1.30 bits per heavy atom. The lowest BCUT2D eigenvalue weighted by molar-refractivity contribution is -0.301. The molecule has 3 heterocycles. The molecule has 0 bridgehead atoms. The van der Waals surface area contributed by atoms with Crippen LogP contribution >= 0.6 is 0 Å². The van der Waals surface area contributed by atoms with E-state index in [1.54, 1.807) is 24.8 Å². The topological polar surface area (TPSA) is 134 Å². The highest BCUT2D eigenvalue weighted by molar-refractivity contribution is 5.74. The van der Waals surface area contributed by atoms with Gasteiger partial charge in [-0.3, -0.25) is 9.97 Å². The summed E-state index contributed by atoms with van der Waals surface area (Å²) in [5.41, 5.74) is 3.89. The number of hydrogen-bond acceptors (Lipinski definition) is 9. The van der Waals surface area contributed by atoms with Crippen LogP contribution in [-0.4, -0.2) is 80.9 Å². The van der Waals surface area contributed by atoms with Gasteiger partial charge in [-0.15, -0.1) is 0 Å². The Labute approximate surface area is 190 Å². The molecule has 9 heteroatoms. The van der Waals surface area contributed by atoms with Gasteiger partial charge in [-0.2, -0.15) is 0 Å². The SMILES string of the molecule is OC[C@H]1O[C@@H](OCCOc2cc(-c3ccncc3)cc(-c3ccncc3)c2)[C@H](O)[C@@H](O)[C@H]1O. The van der Waals surface area contributed by atoms with Crippen LogP contribution in [0.2, 0.25) is 0 Å². The minimum atomic E-state index is -1.48. The predicted molar refractivity (Wildman–Crippen MR) is 118 cm³/mol. The maximum Gasteiger partial charge on any atom is 0.186 e. The first-order valence-electron chi connectivity index (χ1n) is 10.6. The van der Waals surface area contributed by atoms with Gasteiger partial charge in [0.25, 0.3) is 0 Å². The van der Waals surface area contributed by atoms with E-state index in [9.17, 15) is 20.4 Å². The predicted octanol–water partition coefficient (Wildman–Crippen LogP) is 1.01. The van der Waals surface area contributed by atoms with Gasteiger partial charge in [0.05, 0.1) is 13.2 Å². The Kier molecular flexibility index (Phi) is 7.61. The van der Waals surface area contributed by atoms with Crippen LogP contribution in [0.1, 0.15) is 0 Å². The first-order chi connectivity index (χ1) is 16.1. The average Bonchev–Trinajstić information content (AvgIpc) is 2.87. The largest absolute Gasteiger partial charge is 0.491 e. The molecule has 1 aliphatic rings. The molecule has 3 aromatic rings. The molecule has 1 fully saturated rings. The zero-order valence-electron chi connectivity index (χ0n) is 17.8. The quantitative estimate of drug-likeness (QED) is 0.368. The molecule has 5 atom stereocenters. The molecule has 174 valence electrons. The summed E-state index contributed by atoms with van der Waals surface area (Å²) in [6.07, 6.45) is 0.328. The first kappa shape index (κ1) is 23.2. The van der Waals surface area contributed by atoms with Crippen molar-refractivity contribution in [1.29, 1.82) is 0 Å². The van der Waals surface area contributed by atoms with Crippen molar-refractivity contribution in [2.24, 2.45) is 0 Å². The van der Waals surface area contributed by atoms with Crippen LogP contribution in [0.5, 0.6) is 5.75 Å². The Hall–Kier alpha value is -2.92. The fraction of sp³-hybridized carbons (Fsp3) is 0.333. The fourth-order valence-electron chi connectivity index (χ4n) is 3.63. The molecule has 33 heavy (non-hydrogen) atoms. The number of aromatic nitrogens is 2. The van der Waals surface area contributed by atoms with Crippen LogP contribution in [-0.2, 0) is 9.47 Å². The molecule has 0 spiro atoms. The van der Waals surface area contributed by atoms with E-state index < -0.39 is 37.3 Å². The first-order valence-corrected chi connectivity index (χ1v) is 10.6. The van der Waals surface area contributed by atoms with Crippen molar-refractivity contribution in [3.8, 4) is 28.0 Å². The number of rotatable bonds is 8. The van der Waals surface area contributed by atoms with E-state index in [2.05, 4.69) is 16.0 Å². The summed E-state index contributed by atoms with van der Waals surface area (Å²) < 4.78 is 16.7. The highest BCUT2D eigenvalue weighted by atomic mass is 16.7. The van der Waals surface area contributed by atoms with Crippen molar-refractivity contribution in [2.75, 3.05) is 19.8 Å². The van der Waals surface area contributed by atoms with Crippen LogP contribution in [0.15, 0.2) is 67.3 Å². The summed E-state index contributed by atoms with van der Waals surface area (Å²) in [6.45, 7) is -0.321. The normalized spacial score (nSPS) is 25.0. The molecule has 0 aliphatic carbocycles. The molecule has 1 aliphatic heterocycles. The Morgan fingerprint density at radius 3 is 1.85 bits per heavy atom. The highest BCUT2D eigenvalue weighted by Crippen LogP contribution is 2.31. The van der Waals surface area contributed by atoms with Gasteiger partial charge in [0.15, 0.2) is 6.29 Å². The molecule has 4 rings (SSSR count). The van der Waals surface area contributed by atoms with Crippen molar-refractivity contribution in [3.05, 3.63) is 67.3 Å². The van der Waals surface area contributed by atoms with E-state index in [1.807, 2.05) is 36.4 Å². The van der Waals surface area contributed by atoms with Crippen molar-refractivity contribution >= 4 is 0 Å². The van der Waals surface area contributed by atoms with Gasteiger partial charge in [-0.1, -0.05) is 0 Å². The number of benzene rings is 1. The second kappa shape index (κ2) is 10.8. The lowest BCUT2D eigenvalue weighted by atomic mass is 9.99. The van der Waals surface area contributed by atoms with Crippen LogP contribution in [0.3, 0.4) is 0 Å². The number of ether oxygens (including phenoxy) is 3. The number of aliphatic hydroxyl groups excluding tert-OH is 4. The standard InChI is InChI=1S/C24H26N2O7/c27-14-20-21(28)22(29)23(30)24(33-20)32-10-9-31-19-12-17(15-1-5-25-6-2-15)11-18(13-19)16-3-7-26-8-4-16/h1-8,11-13,20-24,27-30H,9-10,14H2/t20-,21+,22+,23-,24-/m1/s1. The van der Waals surface area contributed by atoms with Gasteiger partial charge in [-0.25, -0.2) is 0 Å². The molecule has 0 unspecified atom stereocenters. The zero-order valence-corrected chi connectivity index (χ0v) is 17.8. The van der Waals surface area contributed by atoms with E-state index in [-0.39, 0.29) is 13.2 Å². The second-order valence-corrected chi connectivity index (χ2v) is 7.63. The van der Waals surface area contributed by atoms with Gasteiger partial charge in [-0.05, 0) is 64.7 Å². The lowest BCUT2D eigenvalue weighted by Crippen LogP contribution is -2.59. The van der Waals surface area contributed by atoms with E-state index in [1.165, 1.54) is 0 Å². The molecule has 1 saturated heterocycles. The molecule has 0 saturated carbocycles. The van der Waals surface area contributed by atoms with Gasteiger partial charge in [0.1, 0.15) is 36.8 Å². The lowest BCUT2D eigenvalue weighted by Gasteiger charge is -2.39. The molecule has 9 nitrogen and oxygen atoms in total. The number of pyridine rings is 2. The van der Waals surface area contributed by atoms with Crippen LogP contribution in [0, 0.1) is 0 Å². The third kappa shape index (κ3) is 5.53. The molecule has 0 amide bonds.